The Balaban J connectivity index is 2.35. The van der Waals surface area contributed by atoms with Crippen LogP contribution < -0.4 is 0 Å². The first kappa shape index (κ1) is 11.3. The van der Waals surface area contributed by atoms with E-state index in [2.05, 4.69) is 0 Å². The van der Waals surface area contributed by atoms with Crippen molar-refractivity contribution in [1.29, 1.82) is 0 Å². The Morgan fingerprint density at radius 2 is 1.33 bits per heavy atom. The van der Waals surface area contributed by atoms with Crippen LogP contribution in [0.4, 0.5) is 17.6 Å². The summed E-state index contributed by atoms with van der Waals surface area (Å²) in [6, 6.07) is 13.5. The predicted molar refractivity (Wildman–Crippen MR) is 61.8 cm³/mol. The molecule has 0 nitrogen and oxygen atoms in total. The monoisotopic (exact) mass is 255 g/mol. The Bertz CT molecular complexity index is 544. The fourth-order valence-electron chi connectivity index (χ4n) is 1.61. The molecule has 0 bridgehead atoms. The number of halogens is 4. The predicted octanol–water partition coefficient (Wildman–Crippen LogP) is 4.71. The van der Waals surface area contributed by atoms with Gasteiger partial charge in [-0.05, 0) is 11.1 Å². The summed E-state index contributed by atoms with van der Waals surface area (Å²) in [4.78, 5) is 0. The van der Waals surface area contributed by atoms with Crippen molar-refractivity contribution >= 4 is 0 Å². The second-order valence-corrected chi connectivity index (χ2v) is 3.78. The second-order valence-electron chi connectivity index (χ2n) is 3.78. The molecule has 0 aliphatic heterocycles. The molecule has 94 valence electrons. The van der Waals surface area contributed by atoms with Crippen molar-refractivity contribution in [2.24, 2.45) is 0 Å². The van der Waals surface area contributed by atoms with Gasteiger partial charge in [0.05, 0.1) is 0 Å². The third kappa shape index (κ3) is 2.37. The maximum absolute atomic E-state index is 13.3. The van der Waals surface area contributed by atoms with Gasteiger partial charge < -0.3 is 0 Å². The summed E-state index contributed by atoms with van der Waals surface area (Å²) < 4.78 is 57.8. The van der Waals surface area contributed by atoms with Crippen molar-refractivity contribution in [3.8, 4) is 11.1 Å². The molecule has 0 N–H and O–H groups in total. The topological polar surface area (TPSA) is 0 Å². The van der Waals surface area contributed by atoms with E-state index in [1.807, 2.05) is 6.07 Å². The van der Waals surface area contributed by atoms with E-state index in [1.54, 1.807) is 24.3 Å². The van der Waals surface area contributed by atoms with E-state index in [0.29, 0.717) is 5.56 Å². The highest BCUT2D eigenvalue weighted by Crippen LogP contribution is 2.35. The normalized spacial score (nSPS) is 13.2. The highest BCUT2D eigenvalue weighted by Gasteiger charge is 2.42. The average molecular weight is 255 g/mol. The molecule has 4 heteroatoms. The number of hydrogen-bond acceptors (Lipinski definition) is 0. The Labute approximate surface area is 103 Å². The van der Waals surface area contributed by atoms with E-state index in [0.717, 1.165) is 17.7 Å². The molecule has 18 heavy (non-hydrogen) atoms. The van der Waals surface area contributed by atoms with Gasteiger partial charge in [-0.25, -0.2) is 8.78 Å². The van der Waals surface area contributed by atoms with Crippen LogP contribution in [0.25, 0.3) is 11.1 Å². The Kier molecular flexibility index (Phi) is 3.00. The minimum atomic E-state index is -4.83. The molecule has 0 heterocycles. The zero-order valence-corrected chi connectivity index (χ0v) is 9.21. The minimum Gasteiger partial charge on any atom is -0.203 e. The van der Waals surface area contributed by atoms with Crippen LogP contribution in [0.5, 0.6) is 0 Å². The highest BCUT2D eigenvalue weighted by molar-refractivity contribution is 5.63. The molecule has 0 aromatic heterocycles. The molecular formula is C14H10F4. The third-order valence-corrected chi connectivity index (χ3v) is 2.59. The number of alkyl halides is 4. The summed E-state index contributed by atoms with van der Waals surface area (Å²) >= 11 is 0. The van der Waals surface area contributed by atoms with Gasteiger partial charge in [0.2, 0.25) is 0 Å². The Morgan fingerprint density at radius 1 is 0.833 bits per heavy atom. The Morgan fingerprint density at radius 3 is 1.83 bits per heavy atom. The van der Waals surface area contributed by atoms with Crippen LogP contribution >= 0.6 is 0 Å². The smallest absolute Gasteiger partial charge is 0.203 e. The largest absolute Gasteiger partial charge is 0.332 e. The molecule has 0 atom stereocenters. The lowest BCUT2D eigenvalue weighted by Gasteiger charge is -2.15. The quantitative estimate of drug-likeness (QED) is 0.697. The molecule has 0 saturated carbocycles. The van der Waals surface area contributed by atoms with E-state index >= 15 is 0 Å². The molecule has 2 aromatic rings. The van der Waals surface area contributed by atoms with Crippen molar-refractivity contribution in [3.63, 3.8) is 0 Å². The van der Waals surface area contributed by atoms with Crippen molar-refractivity contribution in [2.75, 3.05) is 0 Å². The molecule has 2 aromatic carbocycles. The maximum Gasteiger partial charge on any atom is 0.332 e. The lowest BCUT2D eigenvalue weighted by Crippen LogP contribution is -2.23. The van der Waals surface area contributed by atoms with Gasteiger partial charge in [-0.2, -0.15) is 8.78 Å². The van der Waals surface area contributed by atoms with Crippen LogP contribution in [0, 0.1) is 0 Å². The summed E-state index contributed by atoms with van der Waals surface area (Å²) in [5.74, 6) is -4.50. The van der Waals surface area contributed by atoms with Gasteiger partial charge in [0, 0.05) is 5.56 Å². The van der Waals surface area contributed by atoms with Crippen LogP contribution in [0.3, 0.4) is 0 Å². The van der Waals surface area contributed by atoms with Crippen molar-refractivity contribution in [3.05, 3.63) is 60.2 Å². The number of hydrogen-bond donors (Lipinski definition) is 0. The van der Waals surface area contributed by atoms with Crippen molar-refractivity contribution in [2.45, 2.75) is 12.3 Å². The number of rotatable bonds is 3. The molecule has 0 fully saturated rings. The average Bonchev–Trinajstić information content (AvgIpc) is 2.39. The van der Waals surface area contributed by atoms with E-state index in [-0.39, 0.29) is 0 Å². The van der Waals surface area contributed by atoms with Gasteiger partial charge in [0.25, 0.3) is 0 Å². The molecule has 0 amide bonds. The first-order valence-electron chi connectivity index (χ1n) is 5.74. The van der Waals surface area contributed by atoms with Gasteiger partial charge in [0.1, 0.15) is 1.37 Å². The van der Waals surface area contributed by atoms with Crippen molar-refractivity contribution < 1.29 is 18.9 Å². The van der Waals surface area contributed by atoms with E-state index in [9.17, 15) is 17.6 Å². The van der Waals surface area contributed by atoms with E-state index in [1.165, 1.54) is 12.1 Å². The first-order chi connectivity index (χ1) is 8.82. The molecule has 0 saturated heterocycles. The van der Waals surface area contributed by atoms with Crippen LogP contribution in [0.1, 0.15) is 6.93 Å². The van der Waals surface area contributed by atoms with Crippen LogP contribution in [0.15, 0.2) is 54.6 Å². The lowest BCUT2D eigenvalue weighted by atomic mass is 10.0. The molecular weight excluding hydrogens is 244 g/mol. The lowest BCUT2D eigenvalue weighted by molar-refractivity contribution is -0.135. The fraction of sp³-hybridized carbons (Fsp3) is 0.143. The van der Waals surface area contributed by atoms with Gasteiger partial charge in [-0.15, -0.1) is 0 Å². The maximum atomic E-state index is 13.3. The Hall–Kier alpha value is -1.84. The standard InChI is InChI=1S/C14H10F4/c15-13(16)14(17,18)12-8-6-11(7-9-12)10-4-2-1-3-5-10/h1-9,13H/i13D. The molecule has 0 unspecified atom stereocenters. The van der Waals surface area contributed by atoms with Crippen LogP contribution in [-0.4, -0.2) is 6.40 Å². The molecule has 0 radical (unpaired) electrons. The van der Waals surface area contributed by atoms with Gasteiger partial charge in [-0.1, -0.05) is 54.6 Å². The summed E-state index contributed by atoms with van der Waals surface area (Å²) in [6.07, 6.45) is -4.83. The van der Waals surface area contributed by atoms with E-state index < -0.39 is 17.9 Å². The van der Waals surface area contributed by atoms with Crippen LogP contribution in [-0.2, 0) is 5.92 Å². The molecule has 0 spiro atoms. The minimum absolute atomic E-state index is 0.647. The molecule has 0 aliphatic carbocycles. The van der Waals surface area contributed by atoms with E-state index in [4.69, 9.17) is 1.37 Å². The SMILES string of the molecule is [2H]C(F)(F)C(F)(F)c1ccc(-c2ccccc2)cc1. The van der Waals surface area contributed by atoms with Gasteiger partial charge >= 0.3 is 12.3 Å². The molecule has 2 rings (SSSR count). The second kappa shape index (κ2) is 4.80. The number of benzene rings is 2. The van der Waals surface area contributed by atoms with Crippen LogP contribution in [0.2, 0.25) is 0 Å². The third-order valence-electron chi connectivity index (χ3n) is 2.59. The highest BCUT2D eigenvalue weighted by atomic mass is 19.3. The summed E-state index contributed by atoms with van der Waals surface area (Å²) in [7, 11) is 0. The fourth-order valence-corrected chi connectivity index (χ4v) is 1.61. The first-order valence-corrected chi connectivity index (χ1v) is 5.24. The zero-order chi connectivity index (χ0) is 14.1. The van der Waals surface area contributed by atoms with Gasteiger partial charge in [0.15, 0.2) is 0 Å². The zero-order valence-electron chi connectivity index (χ0n) is 10.2. The van der Waals surface area contributed by atoms with Gasteiger partial charge in [-0.3, -0.25) is 0 Å². The summed E-state index contributed by atoms with van der Waals surface area (Å²) in [5.41, 5.74) is 0.579. The summed E-state index contributed by atoms with van der Waals surface area (Å²) in [5, 5.41) is 0. The van der Waals surface area contributed by atoms with Crippen molar-refractivity contribution in [1.82, 2.24) is 0 Å². The summed E-state index contributed by atoms with van der Waals surface area (Å²) in [6.45, 7) is 0. The molecule has 0 aliphatic rings.